The van der Waals surface area contributed by atoms with Gasteiger partial charge in [0, 0.05) is 6.54 Å². The molecule has 0 aromatic heterocycles. The van der Waals surface area contributed by atoms with Crippen LogP contribution in [0.1, 0.15) is 38.7 Å². The third-order valence-corrected chi connectivity index (χ3v) is 4.52. The molecule has 1 aliphatic rings. The molecule has 1 aromatic carbocycles. The van der Waals surface area contributed by atoms with E-state index in [9.17, 15) is 4.79 Å². The maximum Gasteiger partial charge on any atom is 0.310 e. The Bertz CT molecular complexity index is 432. The molecule has 1 aliphatic carbocycles. The summed E-state index contributed by atoms with van der Waals surface area (Å²) in [6.07, 6.45) is 4.02. The minimum Gasteiger partial charge on any atom is -0.461 e. The molecule has 1 saturated carbocycles. The molecule has 1 fully saturated rings. The molecule has 3 atom stereocenters. The Hall–Kier alpha value is -1.35. The average Bonchev–Trinajstić information content (AvgIpc) is 2.91. The van der Waals surface area contributed by atoms with Crippen molar-refractivity contribution in [3.8, 4) is 0 Å². The molecule has 21 heavy (non-hydrogen) atoms. The van der Waals surface area contributed by atoms with Gasteiger partial charge in [-0.2, -0.15) is 0 Å². The zero-order chi connectivity index (χ0) is 15.1. The fraction of sp³-hybridized carbons (Fsp3) is 0.611. The summed E-state index contributed by atoms with van der Waals surface area (Å²) in [5.41, 5.74) is 1.03. The molecule has 0 amide bonds. The summed E-state index contributed by atoms with van der Waals surface area (Å²) < 4.78 is 5.35. The van der Waals surface area contributed by atoms with Gasteiger partial charge in [0.15, 0.2) is 0 Å². The normalized spacial score (nSPS) is 23.0. The highest BCUT2D eigenvalue weighted by Gasteiger charge is 2.23. The zero-order valence-corrected chi connectivity index (χ0v) is 13.2. The van der Waals surface area contributed by atoms with E-state index >= 15 is 0 Å². The molecule has 0 heterocycles. The topological polar surface area (TPSA) is 38.3 Å². The second kappa shape index (κ2) is 8.18. The van der Waals surface area contributed by atoms with Crippen LogP contribution in [-0.2, 0) is 16.1 Å². The lowest BCUT2D eigenvalue weighted by molar-refractivity contribution is -0.149. The molecule has 0 radical (unpaired) electrons. The van der Waals surface area contributed by atoms with E-state index in [-0.39, 0.29) is 11.9 Å². The highest BCUT2D eigenvalue weighted by molar-refractivity contribution is 5.72. The van der Waals surface area contributed by atoms with Crippen LogP contribution in [0.3, 0.4) is 0 Å². The first-order valence-corrected chi connectivity index (χ1v) is 8.08. The Morgan fingerprint density at radius 1 is 1.33 bits per heavy atom. The number of hydrogen-bond acceptors (Lipinski definition) is 3. The second-order valence-corrected chi connectivity index (χ2v) is 6.32. The van der Waals surface area contributed by atoms with Gasteiger partial charge in [-0.1, -0.05) is 57.0 Å². The van der Waals surface area contributed by atoms with E-state index in [2.05, 4.69) is 12.2 Å². The number of nitrogens with one attached hydrogen (secondary N) is 1. The Balaban J connectivity index is 1.63. The zero-order valence-electron chi connectivity index (χ0n) is 13.2. The van der Waals surface area contributed by atoms with E-state index in [1.165, 1.54) is 19.3 Å². The number of ether oxygens (including phenoxy) is 1. The summed E-state index contributed by atoms with van der Waals surface area (Å²) in [6, 6.07) is 9.81. The van der Waals surface area contributed by atoms with E-state index in [0.717, 1.165) is 23.9 Å². The third-order valence-electron chi connectivity index (χ3n) is 4.52. The van der Waals surface area contributed by atoms with Gasteiger partial charge in [0.1, 0.15) is 6.61 Å². The quantitative estimate of drug-likeness (QED) is 0.782. The van der Waals surface area contributed by atoms with E-state index in [4.69, 9.17) is 4.74 Å². The minimum absolute atomic E-state index is 0.0922. The lowest BCUT2D eigenvalue weighted by Gasteiger charge is -2.18. The summed E-state index contributed by atoms with van der Waals surface area (Å²) in [4.78, 5) is 11.9. The molecule has 1 aromatic rings. The fourth-order valence-electron chi connectivity index (χ4n) is 2.97. The standard InChI is InChI=1S/C18H27NO2/c1-14-7-6-10-17(14)12-19-11-15(2)18(20)21-13-16-8-4-3-5-9-16/h3-5,8-9,14-15,17,19H,6-7,10-13H2,1-2H3. The lowest BCUT2D eigenvalue weighted by atomic mass is 9.98. The monoisotopic (exact) mass is 289 g/mol. The van der Waals surface area contributed by atoms with Crippen molar-refractivity contribution < 1.29 is 9.53 Å². The van der Waals surface area contributed by atoms with Crippen LogP contribution in [-0.4, -0.2) is 19.1 Å². The number of hydrogen-bond donors (Lipinski definition) is 1. The summed E-state index contributed by atoms with van der Waals surface area (Å²) in [7, 11) is 0. The molecule has 0 bridgehead atoms. The SMILES string of the molecule is CC(CNCC1CCCC1C)C(=O)OCc1ccccc1. The molecule has 0 aliphatic heterocycles. The maximum atomic E-state index is 11.9. The number of carbonyl (C=O) groups excluding carboxylic acids is 1. The van der Waals surface area contributed by atoms with E-state index in [1.807, 2.05) is 37.3 Å². The smallest absolute Gasteiger partial charge is 0.310 e. The van der Waals surface area contributed by atoms with E-state index in [0.29, 0.717) is 13.2 Å². The van der Waals surface area contributed by atoms with Gasteiger partial charge in [0.05, 0.1) is 5.92 Å². The first kappa shape index (κ1) is 16.0. The molecule has 2 rings (SSSR count). The molecule has 3 nitrogen and oxygen atoms in total. The van der Waals surface area contributed by atoms with E-state index in [1.54, 1.807) is 0 Å². The van der Waals surface area contributed by atoms with Crippen LogP contribution in [0.25, 0.3) is 0 Å². The minimum atomic E-state index is -0.120. The van der Waals surface area contributed by atoms with Crippen LogP contribution >= 0.6 is 0 Å². The molecule has 116 valence electrons. The van der Waals surface area contributed by atoms with Crippen molar-refractivity contribution in [1.82, 2.24) is 5.32 Å². The van der Waals surface area contributed by atoms with Gasteiger partial charge in [-0.05, 0) is 30.4 Å². The number of rotatable bonds is 7. The van der Waals surface area contributed by atoms with Crippen LogP contribution in [0.15, 0.2) is 30.3 Å². The highest BCUT2D eigenvalue weighted by atomic mass is 16.5. The molecule has 3 heteroatoms. The molecule has 0 saturated heterocycles. The van der Waals surface area contributed by atoms with Gasteiger partial charge >= 0.3 is 5.97 Å². The van der Waals surface area contributed by atoms with Crippen LogP contribution < -0.4 is 5.32 Å². The van der Waals surface area contributed by atoms with Gasteiger partial charge in [-0.15, -0.1) is 0 Å². The number of benzene rings is 1. The highest BCUT2D eigenvalue weighted by Crippen LogP contribution is 2.30. The lowest BCUT2D eigenvalue weighted by Crippen LogP contribution is -2.32. The van der Waals surface area contributed by atoms with Gasteiger partial charge in [-0.3, -0.25) is 4.79 Å². The first-order valence-electron chi connectivity index (χ1n) is 8.08. The second-order valence-electron chi connectivity index (χ2n) is 6.32. The van der Waals surface area contributed by atoms with Gasteiger partial charge in [0.2, 0.25) is 0 Å². The molecular weight excluding hydrogens is 262 g/mol. The van der Waals surface area contributed by atoms with Crippen molar-refractivity contribution >= 4 is 5.97 Å². The summed E-state index contributed by atoms with van der Waals surface area (Å²) in [5, 5.41) is 3.44. The van der Waals surface area contributed by atoms with Gasteiger partial charge in [-0.25, -0.2) is 0 Å². The van der Waals surface area contributed by atoms with Crippen LogP contribution in [0.4, 0.5) is 0 Å². The van der Waals surface area contributed by atoms with Crippen LogP contribution in [0, 0.1) is 17.8 Å². The Labute approximate surface area is 128 Å². The first-order chi connectivity index (χ1) is 10.2. The Morgan fingerprint density at radius 3 is 2.76 bits per heavy atom. The largest absolute Gasteiger partial charge is 0.461 e. The molecular formula is C18H27NO2. The molecule has 0 spiro atoms. The fourth-order valence-corrected chi connectivity index (χ4v) is 2.97. The van der Waals surface area contributed by atoms with Gasteiger partial charge < -0.3 is 10.1 Å². The summed E-state index contributed by atoms with van der Waals surface area (Å²) in [5.74, 6) is 1.38. The van der Waals surface area contributed by atoms with Crippen molar-refractivity contribution in [2.45, 2.75) is 39.7 Å². The summed E-state index contributed by atoms with van der Waals surface area (Å²) in [6.45, 7) is 6.35. The third kappa shape index (κ3) is 5.16. The van der Waals surface area contributed by atoms with Crippen LogP contribution in [0.2, 0.25) is 0 Å². The van der Waals surface area contributed by atoms with E-state index < -0.39 is 0 Å². The van der Waals surface area contributed by atoms with Crippen molar-refractivity contribution in [3.63, 3.8) is 0 Å². The predicted octanol–water partition coefficient (Wildman–Crippen LogP) is 3.39. The number of carbonyl (C=O) groups is 1. The van der Waals surface area contributed by atoms with Crippen LogP contribution in [0.5, 0.6) is 0 Å². The average molecular weight is 289 g/mol. The molecule has 3 unspecified atom stereocenters. The Kier molecular flexibility index (Phi) is 6.24. The predicted molar refractivity (Wildman–Crippen MR) is 84.8 cm³/mol. The number of esters is 1. The van der Waals surface area contributed by atoms with Gasteiger partial charge in [0.25, 0.3) is 0 Å². The van der Waals surface area contributed by atoms with Crippen molar-refractivity contribution in [2.75, 3.05) is 13.1 Å². The van der Waals surface area contributed by atoms with Crippen molar-refractivity contribution in [3.05, 3.63) is 35.9 Å². The van der Waals surface area contributed by atoms with Crippen molar-refractivity contribution in [1.29, 1.82) is 0 Å². The van der Waals surface area contributed by atoms with Crippen molar-refractivity contribution in [2.24, 2.45) is 17.8 Å². The summed E-state index contributed by atoms with van der Waals surface area (Å²) >= 11 is 0. The molecule has 1 N–H and O–H groups in total. The maximum absolute atomic E-state index is 11.9. The Morgan fingerprint density at radius 2 is 2.10 bits per heavy atom.